The summed E-state index contributed by atoms with van der Waals surface area (Å²) in [6, 6.07) is 5.81. The molecule has 0 atom stereocenters. The van der Waals surface area contributed by atoms with Crippen LogP contribution in [0.25, 0.3) is 0 Å². The first-order chi connectivity index (χ1) is 10.1. The molecule has 2 nitrogen and oxygen atoms in total. The summed E-state index contributed by atoms with van der Waals surface area (Å²) in [6.07, 6.45) is 5.01. The van der Waals surface area contributed by atoms with Gasteiger partial charge in [0.25, 0.3) is 0 Å². The van der Waals surface area contributed by atoms with Crippen molar-refractivity contribution in [2.75, 3.05) is 13.6 Å². The van der Waals surface area contributed by atoms with E-state index in [-0.39, 0.29) is 5.82 Å². The Bertz CT molecular complexity index is 522. The fourth-order valence-electron chi connectivity index (χ4n) is 2.99. The van der Waals surface area contributed by atoms with E-state index in [1.54, 1.807) is 0 Å². The molecule has 21 heavy (non-hydrogen) atoms. The number of benzene rings is 1. The normalized spacial score (nSPS) is 22.0. The molecule has 0 bridgehead atoms. The van der Waals surface area contributed by atoms with E-state index in [4.69, 9.17) is 5.73 Å². The maximum Gasteiger partial charge on any atom is 0.128 e. The Labute approximate surface area is 127 Å². The molecule has 1 saturated carbocycles. The van der Waals surface area contributed by atoms with Crippen molar-refractivity contribution in [2.45, 2.75) is 45.2 Å². The first kappa shape index (κ1) is 16.0. The quantitative estimate of drug-likeness (QED) is 0.866. The third-order valence-corrected chi connectivity index (χ3v) is 4.42. The molecular weight excluding hydrogens is 263 g/mol. The molecule has 0 aromatic heterocycles. The molecule has 0 heterocycles. The standard InChI is InChI=1S/C18H25FN2/c1-14-5-9-17(10-6-14)21(2)13-16-8-7-15(4-3-11-20)12-18(16)19/h7-8,12,14,17H,5-6,9-11,13,20H2,1-2H3. The van der Waals surface area contributed by atoms with Gasteiger partial charge in [-0.3, -0.25) is 4.90 Å². The van der Waals surface area contributed by atoms with E-state index < -0.39 is 0 Å². The third-order valence-electron chi connectivity index (χ3n) is 4.42. The van der Waals surface area contributed by atoms with Crippen molar-refractivity contribution in [2.24, 2.45) is 11.7 Å². The first-order valence-electron chi connectivity index (χ1n) is 7.77. The van der Waals surface area contributed by atoms with E-state index in [1.807, 2.05) is 12.1 Å². The summed E-state index contributed by atoms with van der Waals surface area (Å²) >= 11 is 0. The lowest BCUT2D eigenvalue weighted by Gasteiger charge is -2.33. The predicted molar refractivity (Wildman–Crippen MR) is 85.2 cm³/mol. The van der Waals surface area contributed by atoms with Crippen molar-refractivity contribution in [1.29, 1.82) is 0 Å². The molecule has 0 unspecified atom stereocenters. The van der Waals surface area contributed by atoms with Gasteiger partial charge in [0.15, 0.2) is 0 Å². The Morgan fingerprint density at radius 1 is 1.29 bits per heavy atom. The zero-order valence-electron chi connectivity index (χ0n) is 13.0. The minimum atomic E-state index is -0.171. The van der Waals surface area contributed by atoms with Crippen LogP contribution in [0.4, 0.5) is 4.39 Å². The van der Waals surface area contributed by atoms with Crippen molar-refractivity contribution < 1.29 is 4.39 Å². The molecule has 1 aliphatic carbocycles. The van der Waals surface area contributed by atoms with Gasteiger partial charge < -0.3 is 5.73 Å². The average molecular weight is 288 g/mol. The van der Waals surface area contributed by atoms with Crippen molar-refractivity contribution in [3.8, 4) is 11.8 Å². The Morgan fingerprint density at radius 3 is 2.62 bits per heavy atom. The number of rotatable bonds is 3. The van der Waals surface area contributed by atoms with E-state index >= 15 is 0 Å². The van der Waals surface area contributed by atoms with Gasteiger partial charge in [-0.1, -0.05) is 24.8 Å². The highest BCUT2D eigenvalue weighted by Gasteiger charge is 2.22. The lowest BCUT2D eigenvalue weighted by molar-refractivity contribution is 0.162. The van der Waals surface area contributed by atoms with Crippen LogP contribution >= 0.6 is 0 Å². The number of hydrogen-bond donors (Lipinski definition) is 1. The topological polar surface area (TPSA) is 29.3 Å². The number of hydrogen-bond acceptors (Lipinski definition) is 2. The van der Waals surface area contributed by atoms with Gasteiger partial charge in [0.1, 0.15) is 5.82 Å². The highest BCUT2D eigenvalue weighted by Crippen LogP contribution is 2.27. The van der Waals surface area contributed by atoms with Crippen LogP contribution in [0.2, 0.25) is 0 Å². The third kappa shape index (κ3) is 4.56. The minimum Gasteiger partial charge on any atom is -0.320 e. The van der Waals surface area contributed by atoms with Crippen molar-refractivity contribution in [3.63, 3.8) is 0 Å². The molecule has 1 aliphatic rings. The summed E-state index contributed by atoms with van der Waals surface area (Å²) in [5.74, 6) is 6.28. The van der Waals surface area contributed by atoms with E-state index in [2.05, 4.69) is 30.7 Å². The Kier molecular flexibility index (Phi) is 5.78. The molecular formula is C18H25FN2. The smallest absolute Gasteiger partial charge is 0.128 e. The highest BCUT2D eigenvalue weighted by molar-refractivity contribution is 5.37. The van der Waals surface area contributed by atoms with Crippen LogP contribution in [0.1, 0.15) is 43.7 Å². The molecule has 1 aromatic carbocycles. The molecule has 1 aromatic rings. The maximum atomic E-state index is 14.1. The van der Waals surface area contributed by atoms with Gasteiger partial charge in [-0.2, -0.15) is 0 Å². The average Bonchev–Trinajstić information content (AvgIpc) is 2.48. The second-order valence-corrected chi connectivity index (χ2v) is 6.14. The number of nitrogens with two attached hydrogens (primary N) is 1. The summed E-state index contributed by atoms with van der Waals surface area (Å²) in [4.78, 5) is 2.29. The molecule has 2 N–H and O–H groups in total. The number of halogens is 1. The van der Waals surface area contributed by atoms with Crippen LogP contribution in [0, 0.1) is 23.6 Å². The fraction of sp³-hybridized carbons (Fsp3) is 0.556. The van der Waals surface area contributed by atoms with Crippen LogP contribution < -0.4 is 5.73 Å². The molecule has 3 heteroatoms. The van der Waals surface area contributed by atoms with E-state index in [0.717, 1.165) is 11.5 Å². The first-order valence-corrected chi connectivity index (χ1v) is 7.77. The van der Waals surface area contributed by atoms with Crippen LogP contribution in [0.15, 0.2) is 18.2 Å². The second kappa shape index (κ2) is 7.59. The van der Waals surface area contributed by atoms with Gasteiger partial charge in [-0.25, -0.2) is 4.39 Å². The minimum absolute atomic E-state index is 0.171. The van der Waals surface area contributed by atoms with Crippen LogP contribution in [-0.2, 0) is 6.54 Å². The van der Waals surface area contributed by atoms with Gasteiger partial charge in [0.2, 0.25) is 0 Å². The molecule has 0 amide bonds. The molecule has 1 fully saturated rings. The summed E-state index contributed by atoms with van der Waals surface area (Å²) in [5.41, 5.74) is 6.76. The summed E-state index contributed by atoms with van der Waals surface area (Å²) in [6.45, 7) is 3.28. The van der Waals surface area contributed by atoms with E-state index in [9.17, 15) is 4.39 Å². The number of nitrogens with zero attached hydrogens (tertiary/aromatic N) is 1. The van der Waals surface area contributed by atoms with Crippen LogP contribution in [-0.4, -0.2) is 24.5 Å². The predicted octanol–water partition coefficient (Wildman–Crippen LogP) is 3.15. The Hall–Kier alpha value is -1.37. The highest BCUT2D eigenvalue weighted by atomic mass is 19.1. The van der Waals surface area contributed by atoms with Gasteiger partial charge in [0.05, 0.1) is 6.54 Å². The van der Waals surface area contributed by atoms with Crippen molar-refractivity contribution >= 4 is 0 Å². The SMILES string of the molecule is CC1CCC(N(C)Cc2ccc(C#CCN)cc2F)CC1. The Balaban J connectivity index is 1.99. The fourth-order valence-corrected chi connectivity index (χ4v) is 2.99. The zero-order chi connectivity index (χ0) is 15.2. The van der Waals surface area contributed by atoms with E-state index in [1.165, 1.54) is 31.7 Å². The maximum absolute atomic E-state index is 14.1. The Morgan fingerprint density at radius 2 is 2.00 bits per heavy atom. The monoisotopic (exact) mass is 288 g/mol. The van der Waals surface area contributed by atoms with E-state index in [0.29, 0.717) is 24.7 Å². The zero-order valence-corrected chi connectivity index (χ0v) is 13.0. The second-order valence-electron chi connectivity index (χ2n) is 6.14. The van der Waals surface area contributed by atoms with Gasteiger partial charge >= 0.3 is 0 Å². The largest absolute Gasteiger partial charge is 0.320 e. The van der Waals surface area contributed by atoms with Crippen molar-refractivity contribution in [3.05, 3.63) is 35.1 Å². The van der Waals surface area contributed by atoms with Gasteiger partial charge in [-0.05, 0) is 50.8 Å². The lowest BCUT2D eigenvalue weighted by atomic mass is 9.86. The van der Waals surface area contributed by atoms with Crippen LogP contribution in [0.5, 0.6) is 0 Å². The summed E-state index contributed by atoms with van der Waals surface area (Å²) < 4.78 is 14.1. The molecule has 114 valence electrons. The lowest BCUT2D eigenvalue weighted by Crippen LogP contribution is -2.34. The summed E-state index contributed by atoms with van der Waals surface area (Å²) in [7, 11) is 2.10. The molecule has 0 spiro atoms. The van der Waals surface area contributed by atoms with Gasteiger partial charge in [-0.15, -0.1) is 0 Å². The molecule has 0 radical (unpaired) electrons. The van der Waals surface area contributed by atoms with Crippen molar-refractivity contribution in [1.82, 2.24) is 4.90 Å². The van der Waals surface area contributed by atoms with Gasteiger partial charge in [0, 0.05) is 23.7 Å². The molecule has 2 rings (SSSR count). The molecule has 0 aliphatic heterocycles. The van der Waals surface area contributed by atoms with Crippen LogP contribution in [0.3, 0.4) is 0 Å². The summed E-state index contributed by atoms with van der Waals surface area (Å²) in [5, 5.41) is 0. The molecule has 0 saturated heterocycles.